The summed E-state index contributed by atoms with van der Waals surface area (Å²) in [5.74, 6) is -2.16. The van der Waals surface area contributed by atoms with Gasteiger partial charge in [0.05, 0.1) is 12.0 Å². The number of benzene rings is 3. The SMILES string of the molecule is CCC(c1cccc(N(C)S(=O)(=O)c2ncnc3nc[nH]c23)c1)C1C(=O)CC(CCc2ccccc2)(CCc2ccccc2)OC1=O. The summed E-state index contributed by atoms with van der Waals surface area (Å²) in [6.45, 7) is 1.92. The summed E-state index contributed by atoms with van der Waals surface area (Å²) >= 11 is 0. The number of fused-ring (bicyclic) bond motifs is 1. The maximum absolute atomic E-state index is 14.0. The van der Waals surface area contributed by atoms with Crippen LogP contribution in [0.2, 0.25) is 0 Å². The van der Waals surface area contributed by atoms with Crippen molar-refractivity contribution < 1.29 is 22.7 Å². The lowest BCUT2D eigenvalue weighted by Gasteiger charge is -2.41. The number of nitrogens with zero attached hydrogens (tertiary/aromatic N) is 4. The maximum Gasteiger partial charge on any atom is 0.317 e. The Bertz CT molecular complexity index is 1920. The van der Waals surface area contributed by atoms with Crippen LogP contribution >= 0.6 is 0 Å². The number of imidazole rings is 1. The fourth-order valence-corrected chi connectivity index (χ4v) is 7.76. The van der Waals surface area contributed by atoms with Gasteiger partial charge < -0.3 is 9.72 Å². The molecular formula is C36H37N5O5S. The molecule has 0 saturated carbocycles. The molecule has 1 N–H and O–H groups in total. The van der Waals surface area contributed by atoms with E-state index < -0.39 is 33.4 Å². The predicted octanol–water partition coefficient (Wildman–Crippen LogP) is 5.81. The van der Waals surface area contributed by atoms with Crippen molar-refractivity contribution in [3.05, 3.63) is 114 Å². The van der Waals surface area contributed by atoms with Crippen molar-refractivity contribution in [2.75, 3.05) is 11.4 Å². The molecule has 47 heavy (non-hydrogen) atoms. The number of aromatic amines is 1. The van der Waals surface area contributed by atoms with E-state index in [0.717, 1.165) is 21.8 Å². The Morgan fingerprint density at radius 3 is 2.19 bits per heavy atom. The number of hydrogen-bond acceptors (Lipinski definition) is 8. The van der Waals surface area contributed by atoms with Crippen LogP contribution in [-0.4, -0.2) is 52.8 Å². The normalized spacial score (nSPS) is 16.9. The number of aromatic nitrogens is 4. The number of aryl methyl sites for hydroxylation is 2. The summed E-state index contributed by atoms with van der Waals surface area (Å²) in [6.07, 6.45) is 5.56. The molecule has 0 radical (unpaired) electrons. The van der Waals surface area contributed by atoms with Crippen LogP contribution < -0.4 is 4.31 Å². The van der Waals surface area contributed by atoms with Crippen LogP contribution in [-0.2, 0) is 37.2 Å². The van der Waals surface area contributed by atoms with Crippen LogP contribution in [0, 0.1) is 5.92 Å². The maximum atomic E-state index is 14.0. The standard InChI is InChI=1S/C36H37N5O5S/c1-3-29(27-15-10-16-28(21-27)41(2)47(44,45)34-32-33(38-23-37-32)39-24-40-34)31-30(42)22-36(46-35(31)43,19-17-25-11-6-4-7-12-25)20-18-26-13-8-5-9-14-26/h4-16,21,23-24,29,31H,3,17-20,22H2,1-2H3,(H,37,38,39,40). The Balaban J connectivity index is 1.25. The van der Waals surface area contributed by atoms with E-state index in [0.29, 0.717) is 43.4 Å². The predicted molar refractivity (Wildman–Crippen MR) is 178 cm³/mol. The Morgan fingerprint density at radius 2 is 1.57 bits per heavy atom. The van der Waals surface area contributed by atoms with Crippen LogP contribution in [0.25, 0.3) is 11.2 Å². The zero-order valence-corrected chi connectivity index (χ0v) is 27.2. The minimum absolute atomic E-state index is 0.126. The van der Waals surface area contributed by atoms with Gasteiger partial charge >= 0.3 is 5.97 Å². The Labute approximate surface area is 274 Å². The van der Waals surface area contributed by atoms with Gasteiger partial charge in [0.1, 0.15) is 23.4 Å². The summed E-state index contributed by atoms with van der Waals surface area (Å²) in [5.41, 5.74) is 2.82. The van der Waals surface area contributed by atoms with E-state index in [1.165, 1.54) is 13.4 Å². The Kier molecular flexibility index (Phi) is 9.17. The number of esters is 1. The van der Waals surface area contributed by atoms with E-state index in [4.69, 9.17) is 4.74 Å². The van der Waals surface area contributed by atoms with E-state index in [1.54, 1.807) is 18.2 Å². The van der Waals surface area contributed by atoms with Crippen LogP contribution in [0.4, 0.5) is 5.69 Å². The second-order valence-corrected chi connectivity index (χ2v) is 13.9. The van der Waals surface area contributed by atoms with Gasteiger partial charge in [-0.2, -0.15) is 8.42 Å². The van der Waals surface area contributed by atoms with E-state index in [1.807, 2.05) is 73.7 Å². The van der Waals surface area contributed by atoms with Crippen LogP contribution in [0.1, 0.15) is 55.2 Å². The zero-order chi connectivity index (χ0) is 33.0. The van der Waals surface area contributed by atoms with Crippen molar-refractivity contribution in [2.45, 2.75) is 62.0 Å². The molecule has 242 valence electrons. The van der Waals surface area contributed by atoms with Gasteiger partial charge in [-0.15, -0.1) is 0 Å². The molecule has 1 aliphatic heterocycles. The quantitative estimate of drug-likeness (QED) is 0.102. The number of rotatable bonds is 12. The smallest absolute Gasteiger partial charge is 0.317 e. The highest BCUT2D eigenvalue weighted by atomic mass is 32.2. The van der Waals surface area contributed by atoms with Gasteiger partial charge in [-0.1, -0.05) is 79.7 Å². The number of hydrogen-bond donors (Lipinski definition) is 1. The van der Waals surface area contributed by atoms with Crippen LogP contribution in [0.15, 0.2) is 103 Å². The molecule has 0 aliphatic carbocycles. The second-order valence-electron chi connectivity index (χ2n) is 12.1. The van der Waals surface area contributed by atoms with Gasteiger partial charge in [-0.05, 0) is 60.9 Å². The summed E-state index contributed by atoms with van der Waals surface area (Å²) in [5, 5.41) is -0.201. The van der Waals surface area contributed by atoms with Gasteiger partial charge in [0.2, 0.25) is 5.03 Å². The molecule has 1 aliphatic rings. The zero-order valence-electron chi connectivity index (χ0n) is 26.4. The lowest BCUT2D eigenvalue weighted by Crippen LogP contribution is -2.49. The van der Waals surface area contributed by atoms with Crippen molar-refractivity contribution in [1.29, 1.82) is 0 Å². The van der Waals surface area contributed by atoms with E-state index in [-0.39, 0.29) is 28.4 Å². The largest absolute Gasteiger partial charge is 0.458 e. The van der Waals surface area contributed by atoms with Gasteiger partial charge in [0.15, 0.2) is 11.4 Å². The second kappa shape index (κ2) is 13.4. The lowest BCUT2D eigenvalue weighted by atomic mass is 9.73. The Hall–Kier alpha value is -4.90. The van der Waals surface area contributed by atoms with Gasteiger partial charge in [0.25, 0.3) is 10.0 Å². The fourth-order valence-electron chi connectivity index (χ4n) is 6.52. The number of sulfonamides is 1. The number of ketones is 1. The molecule has 1 fully saturated rings. The van der Waals surface area contributed by atoms with Crippen LogP contribution in [0.5, 0.6) is 0 Å². The molecule has 3 aromatic carbocycles. The average molecular weight is 652 g/mol. The van der Waals surface area contributed by atoms with Gasteiger partial charge in [0, 0.05) is 19.4 Å². The number of anilines is 1. The molecule has 1 saturated heterocycles. The first-order valence-corrected chi connectivity index (χ1v) is 17.2. The number of H-pyrrole nitrogens is 1. The van der Waals surface area contributed by atoms with Crippen molar-refractivity contribution in [2.24, 2.45) is 5.92 Å². The van der Waals surface area contributed by atoms with Crippen molar-refractivity contribution in [1.82, 2.24) is 19.9 Å². The minimum Gasteiger partial charge on any atom is -0.458 e. The number of Topliss-reactive ketones (excluding diaryl/α,β-unsaturated/α-hetero) is 1. The minimum atomic E-state index is -4.11. The monoisotopic (exact) mass is 651 g/mol. The number of carbonyl (C=O) groups is 2. The summed E-state index contributed by atoms with van der Waals surface area (Å²) in [7, 11) is -2.67. The van der Waals surface area contributed by atoms with Crippen molar-refractivity contribution in [3.8, 4) is 0 Å². The van der Waals surface area contributed by atoms with Crippen molar-refractivity contribution >= 4 is 38.6 Å². The summed E-state index contributed by atoms with van der Waals surface area (Å²) in [4.78, 5) is 42.8. The molecule has 5 aromatic rings. The van der Waals surface area contributed by atoms with Gasteiger partial charge in [-0.25, -0.2) is 15.0 Å². The summed E-state index contributed by atoms with van der Waals surface area (Å²) in [6, 6.07) is 26.9. The number of cyclic esters (lactones) is 1. The molecule has 0 spiro atoms. The summed E-state index contributed by atoms with van der Waals surface area (Å²) < 4.78 is 34.8. The molecule has 10 nitrogen and oxygen atoms in total. The number of nitrogens with one attached hydrogen (secondary N) is 1. The average Bonchev–Trinajstić information content (AvgIpc) is 3.58. The molecule has 0 bridgehead atoms. The van der Waals surface area contributed by atoms with Gasteiger partial charge in [-0.3, -0.25) is 13.9 Å². The molecule has 6 rings (SSSR count). The third kappa shape index (κ3) is 6.66. The number of carbonyl (C=O) groups excluding carboxylic acids is 2. The lowest BCUT2D eigenvalue weighted by molar-refractivity contribution is -0.180. The molecular weight excluding hydrogens is 614 g/mol. The molecule has 2 unspecified atom stereocenters. The highest BCUT2D eigenvalue weighted by Crippen LogP contribution is 2.41. The number of ether oxygens (including phenoxy) is 1. The molecule has 3 heterocycles. The van der Waals surface area contributed by atoms with E-state index in [2.05, 4.69) is 19.9 Å². The van der Waals surface area contributed by atoms with E-state index >= 15 is 0 Å². The highest BCUT2D eigenvalue weighted by molar-refractivity contribution is 7.92. The molecule has 2 atom stereocenters. The Morgan fingerprint density at radius 1 is 0.915 bits per heavy atom. The fraction of sp³-hybridized carbons (Fsp3) is 0.306. The molecule has 0 amide bonds. The first kappa shape index (κ1) is 32.1. The third-order valence-electron chi connectivity index (χ3n) is 9.14. The first-order valence-electron chi connectivity index (χ1n) is 15.8. The molecule has 2 aromatic heterocycles. The van der Waals surface area contributed by atoms with E-state index in [9.17, 15) is 18.0 Å². The first-order chi connectivity index (χ1) is 22.7. The molecule has 11 heteroatoms. The highest BCUT2D eigenvalue weighted by Gasteiger charge is 2.49. The third-order valence-corrected chi connectivity index (χ3v) is 10.9. The van der Waals surface area contributed by atoms with Crippen molar-refractivity contribution in [3.63, 3.8) is 0 Å². The van der Waals surface area contributed by atoms with Crippen LogP contribution in [0.3, 0.4) is 0 Å². The topological polar surface area (TPSA) is 135 Å².